The van der Waals surface area contributed by atoms with Crippen LogP contribution in [-0.2, 0) is 0 Å². The topological polar surface area (TPSA) is 32.8 Å². The van der Waals surface area contributed by atoms with Crippen molar-refractivity contribution in [1.29, 1.82) is 0 Å². The summed E-state index contributed by atoms with van der Waals surface area (Å²) in [6.45, 7) is 15.3. The molecule has 0 aliphatic carbocycles. The van der Waals surface area contributed by atoms with Gasteiger partial charge in [0, 0.05) is 61.7 Å². The Morgan fingerprint density at radius 2 is 0.721 bits per heavy atom. The van der Waals surface area contributed by atoms with Crippen LogP contribution in [0.3, 0.4) is 0 Å². The second-order valence-electron chi connectivity index (χ2n) is 17.0. The quantitative estimate of drug-likeness (QED) is 0.168. The molecule has 0 N–H and O–H groups in total. The number of anilines is 6. The van der Waals surface area contributed by atoms with Crippen LogP contribution in [0.25, 0.3) is 65.4 Å². The summed E-state index contributed by atoms with van der Waals surface area (Å²) in [6, 6.07) is 55.2. The van der Waals surface area contributed by atoms with E-state index in [9.17, 15) is 0 Å². The molecule has 0 bridgehead atoms. The molecule has 4 nitrogen and oxygen atoms in total. The molecule has 2 aromatic heterocycles. The maximum atomic E-state index is 6.71. The maximum Gasteiger partial charge on any atom is 0.139 e. The first-order chi connectivity index (χ1) is 29.6. The third-order valence-electron chi connectivity index (χ3n) is 13.1. The highest BCUT2D eigenvalue weighted by atomic mass is 16.3. The molecule has 0 radical (unpaired) electrons. The lowest BCUT2D eigenvalue weighted by atomic mass is 9.98. The smallest absolute Gasteiger partial charge is 0.139 e. The van der Waals surface area contributed by atoms with Crippen LogP contribution >= 0.6 is 0 Å². The highest BCUT2D eigenvalue weighted by Crippen LogP contribution is 2.45. The van der Waals surface area contributed by atoms with Crippen LogP contribution in [0.2, 0.25) is 0 Å². The summed E-state index contributed by atoms with van der Waals surface area (Å²) in [7, 11) is 0. The number of hydrogen-bond acceptors (Lipinski definition) is 4. The number of benzene rings is 9. The van der Waals surface area contributed by atoms with Crippen molar-refractivity contribution >= 4 is 99.5 Å². The van der Waals surface area contributed by atoms with Gasteiger partial charge in [-0.3, -0.25) is 0 Å². The van der Waals surface area contributed by atoms with E-state index in [0.717, 1.165) is 94.3 Å². The minimum Gasteiger partial charge on any atom is -0.456 e. The van der Waals surface area contributed by atoms with Gasteiger partial charge in [0.25, 0.3) is 0 Å². The van der Waals surface area contributed by atoms with Gasteiger partial charge in [0.1, 0.15) is 22.3 Å². The molecule has 0 unspecified atom stereocenters. The summed E-state index contributed by atoms with van der Waals surface area (Å²) in [5.41, 5.74) is 18.9. The average molecular weight is 791 g/mol. The average Bonchev–Trinajstić information content (AvgIpc) is 3.80. The van der Waals surface area contributed by atoms with Crippen molar-refractivity contribution in [3.05, 3.63) is 191 Å². The maximum absolute atomic E-state index is 6.71. The van der Waals surface area contributed by atoms with Gasteiger partial charge in [0.15, 0.2) is 0 Å². The number of rotatable bonds is 6. The first kappa shape index (κ1) is 36.8. The Balaban J connectivity index is 1.03. The van der Waals surface area contributed by atoms with Crippen molar-refractivity contribution in [2.45, 2.75) is 48.5 Å². The van der Waals surface area contributed by atoms with Gasteiger partial charge < -0.3 is 18.6 Å². The predicted molar refractivity (Wildman–Crippen MR) is 259 cm³/mol. The third-order valence-corrected chi connectivity index (χ3v) is 13.1. The molecular formula is C57H46N2O2. The molecule has 296 valence electrons. The fourth-order valence-electron chi connectivity index (χ4n) is 9.40. The van der Waals surface area contributed by atoms with Gasteiger partial charge in [0.2, 0.25) is 0 Å². The molecule has 0 atom stereocenters. The van der Waals surface area contributed by atoms with Crippen LogP contribution in [0.5, 0.6) is 0 Å². The first-order valence-corrected chi connectivity index (χ1v) is 21.2. The molecule has 2 heterocycles. The molecule has 0 amide bonds. The van der Waals surface area contributed by atoms with Gasteiger partial charge in [-0.15, -0.1) is 0 Å². The second kappa shape index (κ2) is 13.9. The van der Waals surface area contributed by atoms with Crippen molar-refractivity contribution in [3.63, 3.8) is 0 Å². The Labute approximate surface area is 355 Å². The van der Waals surface area contributed by atoms with Gasteiger partial charge in [-0.1, -0.05) is 60.7 Å². The highest BCUT2D eigenvalue weighted by Gasteiger charge is 2.21. The van der Waals surface area contributed by atoms with Crippen LogP contribution in [0, 0.1) is 48.5 Å². The lowest BCUT2D eigenvalue weighted by Gasteiger charge is -2.28. The zero-order valence-corrected chi connectivity index (χ0v) is 35.6. The number of para-hydroxylation sites is 2. The number of aryl methyl sites for hydroxylation is 7. The summed E-state index contributed by atoms with van der Waals surface area (Å²) < 4.78 is 13.4. The molecule has 0 spiro atoms. The predicted octanol–water partition coefficient (Wildman–Crippen LogP) is 16.9. The van der Waals surface area contributed by atoms with Crippen LogP contribution < -0.4 is 9.80 Å². The lowest BCUT2D eigenvalue weighted by Crippen LogP contribution is -2.11. The molecule has 0 saturated heterocycles. The largest absolute Gasteiger partial charge is 0.456 e. The monoisotopic (exact) mass is 790 g/mol. The molecule has 11 rings (SSSR count). The summed E-state index contributed by atoms with van der Waals surface area (Å²) in [6.07, 6.45) is 0. The normalized spacial score (nSPS) is 11.9. The molecule has 0 saturated carbocycles. The van der Waals surface area contributed by atoms with Crippen LogP contribution in [0.15, 0.2) is 160 Å². The zero-order chi connectivity index (χ0) is 41.7. The number of nitrogens with zero attached hydrogens (tertiary/aromatic N) is 2. The highest BCUT2D eigenvalue weighted by molar-refractivity contribution is 6.21. The molecule has 9 aromatic carbocycles. The minimum absolute atomic E-state index is 0.834. The summed E-state index contributed by atoms with van der Waals surface area (Å²) in [4.78, 5) is 4.73. The molecule has 0 aliphatic rings. The molecular weight excluding hydrogens is 745 g/mol. The fourth-order valence-corrected chi connectivity index (χ4v) is 9.40. The van der Waals surface area contributed by atoms with Crippen LogP contribution in [0.4, 0.5) is 34.1 Å². The Hall–Kier alpha value is -7.30. The zero-order valence-electron chi connectivity index (χ0n) is 35.6. The Morgan fingerprint density at radius 3 is 1.15 bits per heavy atom. The number of fused-ring (bicyclic) bond motifs is 8. The van der Waals surface area contributed by atoms with Crippen molar-refractivity contribution in [1.82, 2.24) is 0 Å². The molecule has 0 aliphatic heterocycles. The van der Waals surface area contributed by atoms with E-state index < -0.39 is 0 Å². The van der Waals surface area contributed by atoms with E-state index in [4.69, 9.17) is 8.83 Å². The van der Waals surface area contributed by atoms with E-state index in [1.807, 2.05) is 0 Å². The summed E-state index contributed by atoms with van der Waals surface area (Å²) in [5, 5.41) is 9.08. The van der Waals surface area contributed by atoms with Gasteiger partial charge in [0.05, 0.1) is 0 Å². The number of hydrogen-bond donors (Lipinski definition) is 0. The van der Waals surface area contributed by atoms with Crippen LogP contribution in [-0.4, -0.2) is 0 Å². The molecule has 0 fully saturated rings. The first-order valence-electron chi connectivity index (χ1n) is 21.2. The van der Waals surface area contributed by atoms with Crippen molar-refractivity contribution < 1.29 is 8.83 Å². The van der Waals surface area contributed by atoms with E-state index >= 15 is 0 Å². The number of furan rings is 2. The summed E-state index contributed by atoms with van der Waals surface area (Å²) >= 11 is 0. The molecule has 61 heavy (non-hydrogen) atoms. The second-order valence-corrected chi connectivity index (χ2v) is 17.0. The van der Waals surface area contributed by atoms with Crippen molar-refractivity contribution in [3.8, 4) is 0 Å². The van der Waals surface area contributed by atoms with Gasteiger partial charge >= 0.3 is 0 Å². The molecule has 4 heteroatoms. The van der Waals surface area contributed by atoms with E-state index in [1.54, 1.807) is 0 Å². The van der Waals surface area contributed by atoms with E-state index in [1.165, 1.54) is 44.2 Å². The standard InChI is InChI=1S/C57H46N2O2/c1-33-16-20-44(24-37(33)5)58(50-14-10-8-12-35(50)3)46-22-18-40-28-48-52(30-42(40)26-46)60-54-32-55-57(39(7)56(48)54)49-29-41-19-23-47(27-43(41)31-53(49)61-55)59(51-15-11-9-13-36(51)4)45-21-17-34(2)38(6)25-45/h8-32H,1-7H3. The van der Waals surface area contributed by atoms with Gasteiger partial charge in [-0.05, 0) is 194 Å². The van der Waals surface area contributed by atoms with E-state index in [-0.39, 0.29) is 0 Å². The molecule has 11 aromatic rings. The minimum atomic E-state index is 0.834. The van der Waals surface area contributed by atoms with Crippen molar-refractivity contribution in [2.24, 2.45) is 0 Å². The fraction of sp³-hybridized carbons (Fsp3) is 0.123. The SMILES string of the molecule is Cc1ccc(N(c2ccc3cc4c(cc3c2)oc2cc3oc5cc6cc(N(c7ccc(C)c(C)c7)c7ccccc7C)ccc6cc5c3c(C)c24)c2ccccc2C)cc1C. The van der Waals surface area contributed by atoms with Gasteiger partial charge in [-0.25, -0.2) is 0 Å². The third kappa shape index (κ3) is 5.96. The lowest BCUT2D eigenvalue weighted by molar-refractivity contribution is 0.656. The Kier molecular flexibility index (Phi) is 8.37. The Bertz CT molecular complexity index is 3350. The van der Waals surface area contributed by atoms with Crippen LogP contribution in [0.1, 0.15) is 38.9 Å². The Morgan fingerprint density at radius 1 is 0.311 bits per heavy atom. The van der Waals surface area contributed by atoms with Gasteiger partial charge in [-0.2, -0.15) is 0 Å². The van der Waals surface area contributed by atoms with E-state index in [0.29, 0.717) is 0 Å². The van der Waals surface area contributed by atoms with Crippen molar-refractivity contribution in [2.75, 3.05) is 9.80 Å². The van der Waals surface area contributed by atoms with E-state index in [2.05, 4.69) is 210 Å². The summed E-state index contributed by atoms with van der Waals surface area (Å²) in [5.74, 6) is 0.